The Labute approximate surface area is 111 Å². The van der Waals surface area contributed by atoms with Crippen LogP contribution in [0.5, 0.6) is 0 Å². The van der Waals surface area contributed by atoms with Crippen molar-refractivity contribution in [2.45, 2.75) is 64.0 Å². The van der Waals surface area contributed by atoms with Crippen molar-refractivity contribution in [3.63, 3.8) is 0 Å². The van der Waals surface area contributed by atoms with Crippen LogP contribution in [0.25, 0.3) is 0 Å². The molecule has 2 saturated carbocycles. The van der Waals surface area contributed by atoms with Crippen LogP contribution >= 0.6 is 0 Å². The third kappa shape index (κ3) is 3.46. The fraction of sp³-hybridized carbons (Fsp3) is 0.933. The number of ether oxygens (including phenoxy) is 1. The van der Waals surface area contributed by atoms with Gasteiger partial charge in [-0.05, 0) is 44.9 Å². The highest BCUT2D eigenvalue weighted by atomic mass is 16.5. The fourth-order valence-electron chi connectivity index (χ4n) is 2.79. The molecule has 0 heterocycles. The molecule has 2 fully saturated rings. The zero-order valence-corrected chi connectivity index (χ0v) is 11.7. The van der Waals surface area contributed by atoms with Gasteiger partial charge in [0.05, 0.1) is 12.7 Å². The molecule has 0 radical (unpaired) electrons. The van der Waals surface area contributed by atoms with Gasteiger partial charge in [-0.3, -0.25) is 5.32 Å². The predicted molar refractivity (Wildman–Crippen MR) is 72.1 cm³/mol. The summed E-state index contributed by atoms with van der Waals surface area (Å²) in [6.07, 6.45) is 7.65. The normalized spacial score (nSPS) is 23.4. The third-order valence-electron chi connectivity index (χ3n) is 4.24. The molecule has 0 aromatic carbocycles. The van der Waals surface area contributed by atoms with Gasteiger partial charge in [-0.2, -0.15) is 5.26 Å². The van der Waals surface area contributed by atoms with Gasteiger partial charge < -0.3 is 4.74 Å². The lowest BCUT2D eigenvalue weighted by atomic mass is 9.83. The van der Waals surface area contributed by atoms with Crippen LogP contribution in [0.15, 0.2) is 0 Å². The Hall–Kier alpha value is -0.590. The first-order valence-electron chi connectivity index (χ1n) is 7.43. The second-order valence-corrected chi connectivity index (χ2v) is 6.29. The summed E-state index contributed by atoms with van der Waals surface area (Å²) in [5.74, 6) is 1.38. The van der Waals surface area contributed by atoms with E-state index < -0.39 is 5.54 Å². The smallest absolute Gasteiger partial charge is 0.133 e. The van der Waals surface area contributed by atoms with Crippen molar-refractivity contribution < 1.29 is 4.74 Å². The van der Waals surface area contributed by atoms with E-state index in [1.54, 1.807) is 0 Å². The van der Waals surface area contributed by atoms with Crippen LogP contribution in [0.2, 0.25) is 0 Å². The summed E-state index contributed by atoms with van der Waals surface area (Å²) in [5, 5.41) is 12.9. The highest BCUT2D eigenvalue weighted by Crippen LogP contribution is 2.40. The highest BCUT2D eigenvalue weighted by molar-refractivity contribution is 5.16. The fourth-order valence-corrected chi connectivity index (χ4v) is 2.79. The molecule has 0 aromatic heterocycles. The minimum atomic E-state index is -0.437. The molecular weight excluding hydrogens is 224 g/mol. The van der Waals surface area contributed by atoms with Crippen LogP contribution in [0.3, 0.4) is 0 Å². The van der Waals surface area contributed by atoms with E-state index in [9.17, 15) is 5.26 Å². The first kappa shape index (κ1) is 13.8. The van der Waals surface area contributed by atoms with Crippen LogP contribution in [-0.2, 0) is 4.74 Å². The third-order valence-corrected chi connectivity index (χ3v) is 4.24. The van der Waals surface area contributed by atoms with E-state index in [4.69, 9.17) is 4.74 Å². The number of rotatable bonds is 8. The molecule has 0 amide bonds. The molecule has 0 aliphatic heterocycles. The molecule has 1 atom stereocenters. The lowest BCUT2D eigenvalue weighted by Crippen LogP contribution is -2.53. The first-order valence-corrected chi connectivity index (χ1v) is 7.43. The maximum atomic E-state index is 9.51. The van der Waals surface area contributed by atoms with E-state index in [0.717, 1.165) is 12.5 Å². The minimum Gasteiger partial charge on any atom is -0.378 e. The molecule has 18 heavy (non-hydrogen) atoms. The maximum Gasteiger partial charge on any atom is 0.133 e. The summed E-state index contributed by atoms with van der Waals surface area (Å²) in [6, 6.07) is 2.82. The number of nitrogens with one attached hydrogen (secondary N) is 1. The number of hydrogen-bond acceptors (Lipinski definition) is 3. The lowest BCUT2D eigenvalue weighted by molar-refractivity contribution is 0.0613. The molecule has 0 spiro atoms. The molecule has 1 unspecified atom stereocenters. The van der Waals surface area contributed by atoms with E-state index in [2.05, 4.69) is 25.2 Å². The zero-order valence-electron chi connectivity index (χ0n) is 11.7. The highest BCUT2D eigenvalue weighted by Gasteiger charge is 2.46. The van der Waals surface area contributed by atoms with Gasteiger partial charge >= 0.3 is 0 Å². The van der Waals surface area contributed by atoms with Gasteiger partial charge in [0.15, 0.2) is 0 Å². The van der Waals surface area contributed by atoms with Gasteiger partial charge in [-0.15, -0.1) is 0 Å². The van der Waals surface area contributed by atoms with Crippen LogP contribution in [0.4, 0.5) is 0 Å². The molecule has 1 N–H and O–H groups in total. The van der Waals surface area contributed by atoms with Gasteiger partial charge in [0.25, 0.3) is 0 Å². The van der Waals surface area contributed by atoms with Crippen molar-refractivity contribution in [3.8, 4) is 6.07 Å². The predicted octanol–water partition coefficient (Wildman–Crippen LogP) is 2.86. The first-order chi connectivity index (χ1) is 8.66. The van der Waals surface area contributed by atoms with Crippen molar-refractivity contribution in [2.24, 2.45) is 11.8 Å². The van der Waals surface area contributed by atoms with E-state index in [1.807, 2.05) is 0 Å². The molecule has 2 aliphatic rings. The van der Waals surface area contributed by atoms with Crippen molar-refractivity contribution >= 4 is 0 Å². The molecule has 102 valence electrons. The molecule has 0 saturated heterocycles. The summed E-state index contributed by atoms with van der Waals surface area (Å²) in [6.45, 7) is 5.57. The Morgan fingerprint density at radius 3 is 2.50 bits per heavy atom. The molecule has 3 nitrogen and oxygen atoms in total. The van der Waals surface area contributed by atoms with Gasteiger partial charge in [-0.1, -0.05) is 19.3 Å². The summed E-state index contributed by atoms with van der Waals surface area (Å²) >= 11 is 0. The van der Waals surface area contributed by atoms with Crippen molar-refractivity contribution in [1.82, 2.24) is 5.32 Å². The van der Waals surface area contributed by atoms with Gasteiger partial charge in [0.2, 0.25) is 0 Å². The molecule has 2 aliphatic carbocycles. The van der Waals surface area contributed by atoms with E-state index >= 15 is 0 Å². The Morgan fingerprint density at radius 2 is 2.06 bits per heavy atom. The molecule has 2 rings (SSSR count). The van der Waals surface area contributed by atoms with Crippen LogP contribution in [0, 0.1) is 23.2 Å². The monoisotopic (exact) mass is 250 g/mol. The van der Waals surface area contributed by atoms with E-state index in [1.165, 1.54) is 38.5 Å². The Bertz CT molecular complexity index is 302. The lowest BCUT2D eigenvalue weighted by Gasteiger charge is -2.31. The molecule has 0 aromatic rings. The van der Waals surface area contributed by atoms with Crippen LogP contribution in [-0.4, -0.2) is 24.8 Å². The minimum absolute atomic E-state index is 0.334. The van der Waals surface area contributed by atoms with Crippen LogP contribution in [0.1, 0.15) is 52.4 Å². The summed E-state index contributed by atoms with van der Waals surface area (Å²) in [5.41, 5.74) is -0.437. The largest absolute Gasteiger partial charge is 0.378 e. The van der Waals surface area contributed by atoms with Gasteiger partial charge in [0.1, 0.15) is 5.54 Å². The Balaban J connectivity index is 1.75. The van der Waals surface area contributed by atoms with Crippen molar-refractivity contribution in [3.05, 3.63) is 0 Å². The van der Waals surface area contributed by atoms with Crippen LogP contribution < -0.4 is 5.32 Å². The molecule has 3 heteroatoms. The zero-order chi connectivity index (χ0) is 13.0. The average molecular weight is 250 g/mol. The molecular formula is C15H26N2O. The number of nitriles is 1. The summed E-state index contributed by atoms with van der Waals surface area (Å²) < 4.78 is 5.81. The summed E-state index contributed by atoms with van der Waals surface area (Å²) in [7, 11) is 0. The standard InChI is InChI=1S/C15H26N2O/c1-12(2)17-15(10-16,14-6-7-14)11-18-9-8-13-4-3-5-13/h12-14,17H,3-9,11H2,1-2H3. The second kappa shape index (κ2) is 6.04. The molecule has 0 bridgehead atoms. The Morgan fingerprint density at radius 1 is 1.33 bits per heavy atom. The van der Waals surface area contributed by atoms with Gasteiger partial charge in [0, 0.05) is 12.6 Å². The number of nitrogens with zero attached hydrogens (tertiary/aromatic N) is 1. The van der Waals surface area contributed by atoms with Crippen molar-refractivity contribution in [2.75, 3.05) is 13.2 Å². The second-order valence-electron chi connectivity index (χ2n) is 6.29. The number of hydrogen-bond donors (Lipinski definition) is 1. The maximum absolute atomic E-state index is 9.51. The average Bonchev–Trinajstić information content (AvgIpc) is 3.08. The Kier molecular flexibility index (Phi) is 4.64. The quantitative estimate of drug-likeness (QED) is 0.674. The topological polar surface area (TPSA) is 45.0 Å². The van der Waals surface area contributed by atoms with E-state index in [0.29, 0.717) is 18.6 Å². The van der Waals surface area contributed by atoms with E-state index in [-0.39, 0.29) is 0 Å². The SMILES string of the molecule is CC(C)NC(C#N)(COCCC1CCC1)C1CC1. The van der Waals surface area contributed by atoms with Gasteiger partial charge in [-0.25, -0.2) is 0 Å². The van der Waals surface area contributed by atoms with Crippen molar-refractivity contribution in [1.29, 1.82) is 5.26 Å². The summed E-state index contributed by atoms with van der Waals surface area (Å²) in [4.78, 5) is 0.